The maximum Gasteiger partial charge on any atom is 0.410 e. The number of nitrogens with zero attached hydrogens (tertiary/aromatic N) is 3. The number of rotatable bonds is 30. The van der Waals surface area contributed by atoms with E-state index in [1.54, 1.807) is 7.05 Å². The smallest absolute Gasteiger partial charge is 0.410 e. The molecule has 0 aliphatic rings. The molecule has 0 aliphatic carbocycles. The number of amides is 1. The topological polar surface area (TPSA) is 202 Å². The number of nitro groups is 2. The summed E-state index contributed by atoms with van der Waals surface area (Å²) in [7, 11) is 1.67. The zero-order valence-corrected chi connectivity index (χ0v) is 28.5. The molecule has 0 aromatic heterocycles. The number of nitrogens with one attached hydrogen (secondary N) is 1. The van der Waals surface area contributed by atoms with E-state index in [1.165, 1.54) is 17.0 Å². The number of anilines is 1. The third-order valence-corrected chi connectivity index (χ3v) is 5.83. The Morgan fingerprint density at radius 3 is 1.44 bits per heavy atom. The molecule has 1 aromatic carbocycles. The lowest BCUT2D eigenvalue weighted by Gasteiger charge is -2.24. The molecule has 0 saturated carbocycles. The van der Waals surface area contributed by atoms with Crippen LogP contribution in [-0.2, 0) is 42.6 Å². The number of nitro benzene ring substituents is 2. The van der Waals surface area contributed by atoms with E-state index in [-0.39, 0.29) is 36.3 Å². The first-order chi connectivity index (χ1) is 23.0. The summed E-state index contributed by atoms with van der Waals surface area (Å²) in [5.74, 6) is 0. The van der Waals surface area contributed by atoms with Gasteiger partial charge in [0.25, 0.3) is 11.4 Å². The number of ether oxygens (including phenoxy) is 9. The normalized spacial score (nSPS) is 11.4. The van der Waals surface area contributed by atoms with Crippen molar-refractivity contribution in [3.8, 4) is 0 Å². The second-order valence-corrected chi connectivity index (χ2v) is 10.9. The van der Waals surface area contributed by atoms with Gasteiger partial charge in [0.1, 0.15) is 11.3 Å². The van der Waals surface area contributed by atoms with Crippen molar-refractivity contribution < 1.29 is 57.3 Å². The third kappa shape index (κ3) is 23.2. The molecule has 0 bridgehead atoms. The predicted molar refractivity (Wildman–Crippen MR) is 174 cm³/mol. The highest BCUT2D eigenvalue weighted by molar-refractivity contribution is 5.67. The largest absolute Gasteiger partial charge is 0.444 e. The molecule has 18 nitrogen and oxygen atoms in total. The molecule has 1 amide bonds. The van der Waals surface area contributed by atoms with Crippen molar-refractivity contribution in [2.24, 2.45) is 0 Å². The van der Waals surface area contributed by atoms with Gasteiger partial charge in [-0.3, -0.25) is 20.2 Å². The van der Waals surface area contributed by atoms with Crippen molar-refractivity contribution in [2.45, 2.75) is 26.4 Å². The zero-order valence-electron chi connectivity index (χ0n) is 28.5. The summed E-state index contributed by atoms with van der Waals surface area (Å²) in [6.07, 6.45) is -0.379. The molecule has 48 heavy (non-hydrogen) atoms. The quantitative estimate of drug-likeness (QED) is 0.0700. The minimum Gasteiger partial charge on any atom is -0.444 e. The maximum atomic E-state index is 11.8. The van der Waals surface area contributed by atoms with Crippen LogP contribution in [0.3, 0.4) is 0 Å². The van der Waals surface area contributed by atoms with Crippen LogP contribution in [0.25, 0.3) is 0 Å². The van der Waals surface area contributed by atoms with E-state index in [1.807, 2.05) is 20.8 Å². The molecular weight excluding hydrogens is 640 g/mol. The monoisotopic (exact) mass is 692 g/mol. The molecule has 0 unspecified atom stereocenters. The Bertz CT molecular complexity index is 1030. The molecule has 1 N–H and O–H groups in total. The van der Waals surface area contributed by atoms with Crippen molar-refractivity contribution in [1.82, 2.24) is 4.90 Å². The van der Waals surface area contributed by atoms with E-state index in [4.69, 9.17) is 42.6 Å². The average molecular weight is 693 g/mol. The lowest BCUT2D eigenvalue weighted by Crippen LogP contribution is -2.36. The van der Waals surface area contributed by atoms with Crippen molar-refractivity contribution in [2.75, 3.05) is 131 Å². The second kappa shape index (κ2) is 26.7. The van der Waals surface area contributed by atoms with Crippen molar-refractivity contribution in [1.29, 1.82) is 0 Å². The number of likely N-dealkylation sites (N-methyl/N-ethyl adjacent to an activating group) is 1. The molecule has 276 valence electrons. The minimum atomic E-state index is -0.684. The highest BCUT2D eigenvalue weighted by Crippen LogP contribution is 2.28. The lowest BCUT2D eigenvalue weighted by atomic mass is 10.2. The lowest BCUT2D eigenvalue weighted by molar-refractivity contribution is -0.393. The van der Waals surface area contributed by atoms with Crippen molar-refractivity contribution >= 4 is 23.2 Å². The summed E-state index contributed by atoms with van der Waals surface area (Å²) in [5, 5.41) is 24.8. The van der Waals surface area contributed by atoms with E-state index in [0.29, 0.717) is 106 Å². The molecule has 0 fully saturated rings. The summed E-state index contributed by atoms with van der Waals surface area (Å²) >= 11 is 0. The molecule has 0 spiro atoms. The van der Waals surface area contributed by atoms with E-state index >= 15 is 0 Å². The molecular formula is C30H52N4O14. The number of non-ortho nitro benzene ring substituents is 1. The van der Waals surface area contributed by atoms with Crippen LogP contribution in [0.5, 0.6) is 0 Å². The van der Waals surface area contributed by atoms with Gasteiger partial charge < -0.3 is 52.8 Å². The molecule has 0 saturated heterocycles. The molecule has 1 rings (SSSR count). The highest BCUT2D eigenvalue weighted by atomic mass is 16.6. The number of hydrogen-bond acceptors (Lipinski definition) is 15. The van der Waals surface area contributed by atoms with Gasteiger partial charge in [0, 0.05) is 26.2 Å². The van der Waals surface area contributed by atoms with Crippen LogP contribution >= 0.6 is 0 Å². The molecule has 0 heterocycles. The highest BCUT2D eigenvalue weighted by Gasteiger charge is 2.20. The van der Waals surface area contributed by atoms with Crippen LogP contribution in [0, 0.1) is 20.2 Å². The SMILES string of the molecule is CN(CCOCCOCCOCCOCCOCCOCCOCCOCCNc1ccc([N+](=O)[O-])cc1[N+](=O)[O-])C(=O)OC(C)(C)C. The fourth-order valence-electron chi connectivity index (χ4n) is 3.47. The Kier molecular flexibility index (Phi) is 23.8. The van der Waals surface area contributed by atoms with Gasteiger partial charge in [-0.15, -0.1) is 0 Å². The molecule has 0 radical (unpaired) electrons. The summed E-state index contributed by atoms with van der Waals surface area (Å²) in [4.78, 5) is 33.9. The standard InChI is InChI=1S/C30H52N4O14/c1-30(2,3)48-29(35)32(4)8-10-41-12-14-43-16-18-45-20-22-47-24-23-46-21-19-44-17-15-42-13-11-40-9-7-31-27-6-5-26(33(36)37)25-28(27)34(38)39/h5-6,25,31H,7-24H2,1-4H3. The zero-order chi connectivity index (χ0) is 35.5. The molecule has 18 heteroatoms. The van der Waals surface area contributed by atoms with Crippen molar-refractivity contribution in [3.05, 3.63) is 38.4 Å². The maximum absolute atomic E-state index is 11.8. The fourth-order valence-corrected chi connectivity index (χ4v) is 3.47. The summed E-state index contributed by atoms with van der Waals surface area (Å²) in [5.41, 5.74) is -1.06. The van der Waals surface area contributed by atoms with E-state index in [0.717, 1.165) is 6.07 Å². The second-order valence-electron chi connectivity index (χ2n) is 10.9. The molecule has 1 aromatic rings. The third-order valence-electron chi connectivity index (χ3n) is 5.83. The van der Waals surface area contributed by atoms with Gasteiger partial charge in [0.05, 0.1) is 122 Å². The predicted octanol–water partition coefficient (Wildman–Crippen LogP) is 2.91. The van der Waals surface area contributed by atoms with Gasteiger partial charge in [-0.1, -0.05) is 0 Å². The Hall–Kier alpha value is -3.23. The van der Waals surface area contributed by atoms with Crippen LogP contribution in [-0.4, -0.2) is 152 Å². The molecule has 0 atom stereocenters. The fraction of sp³-hybridized carbons (Fsp3) is 0.767. The Balaban J connectivity index is 1.78. The summed E-state index contributed by atoms with van der Waals surface area (Å²) < 4.78 is 48.8. The van der Waals surface area contributed by atoms with Gasteiger partial charge in [0.2, 0.25) is 0 Å². The van der Waals surface area contributed by atoms with Gasteiger partial charge in [-0.2, -0.15) is 0 Å². The first-order valence-electron chi connectivity index (χ1n) is 15.7. The van der Waals surface area contributed by atoms with Crippen LogP contribution in [0.15, 0.2) is 18.2 Å². The Labute approximate surface area is 281 Å². The van der Waals surface area contributed by atoms with E-state index in [2.05, 4.69) is 5.32 Å². The van der Waals surface area contributed by atoms with Crippen LogP contribution < -0.4 is 5.32 Å². The number of hydrogen-bond donors (Lipinski definition) is 1. The number of benzene rings is 1. The van der Waals surface area contributed by atoms with Crippen LogP contribution in [0.2, 0.25) is 0 Å². The Morgan fingerprint density at radius 1 is 0.667 bits per heavy atom. The summed E-state index contributed by atoms with van der Waals surface area (Å²) in [6.45, 7) is 12.8. The Morgan fingerprint density at radius 2 is 1.06 bits per heavy atom. The van der Waals surface area contributed by atoms with Gasteiger partial charge in [-0.25, -0.2) is 4.79 Å². The average Bonchev–Trinajstić information content (AvgIpc) is 3.03. The van der Waals surface area contributed by atoms with Gasteiger partial charge >= 0.3 is 6.09 Å². The number of carbonyl (C=O) groups is 1. The first-order valence-corrected chi connectivity index (χ1v) is 15.7. The molecule has 0 aliphatic heterocycles. The first kappa shape index (κ1) is 42.8. The van der Waals surface area contributed by atoms with E-state index in [9.17, 15) is 25.0 Å². The minimum absolute atomic E-state index is 0.182. The van der Waals surface area contributed by atoms with Crippen LogP contribution in [0.1, 0.15) is 20.8 Å². The van der Waals surface area contributed by atoms with Crippen molar-refractivity contribution in [3.63, 3.8) is 0 Å². The summed E-state index contributed by atoms with van der Waals surface area (Å²) in [6, 6.07) is 3.42. The number of carbonyl (C=O) groups excluding carboxylic acids is 1. The van der Waals surface area contributed by atoms with E-state index < -0.39 is 15.4 Å². The van der Waals surface area contributed by atoms with Gasteiger partial charge in [0.15, 0.2) is 0 Å². The van der Waals surface area contributed by atoms with Gasteiger partial charge in [-0.05, 0) is 26.8 Å². The van der Waals surface area contributed by atoms with Crippen LogP contribution in [0.4, 0.5) is 21.9 Å².